The lowest BCUT2D eigenvalue weighted by molar-refractivity contribution is -0.0282. The van der Waals surface area contributed by atoms with E-state index in [0.29, 0.717) is 23.3 Å². The first-order valence-corrected chi connectivity index (χ1v) is 15.3. The van der Waals surface area contributed by atoms with Gasteiger partial charge in [0.15, 0.2) is 17.2 Å². The van der Waals surface area contributed by atoms with Crippen LogP contribution in [0.15, 0.2) is 48.8 Å². The first kappa shape index (κ1) is 26.5. The van der Waals surface area contributed by atoms with Crippen LogP contribution in [0.25, 0.3) is 16.9 Å². The number of alkyl halides is 1. The fourth-order valence-electron chi connectivity index (χ4n) is 7.12. The largest absolute Gasteiger partial charge is 0.385 e. The SMILES string of the molecule is CNc1cc(N2CCc3c(-c4ccc(CN5CC6(CCNCC6)C5)cn4)cccc32)nn2c(C(=O)N[C@@H]3C[C@@H]3F)cnc12. The van der Waals surface area contributed by atoms with Gasteiger partial charge in [-0.25, -0.2) is 13.9 Å². The van der Waals surface area contributed by atoms with Gasteiger partial charge in [0.1, 0.15) is 6.17 Å². The fourth-order valence-corrected chi connectivity index (χ4v) is 7.12. The van der Waals surface area contributed by atoms with Gasteiger partial charge < -0.3 is 20.9 Å². The van der Waals surface area contributed by atoms with Crippen molar-refractivity contribution in [1.29, 1.82) is 0 Å². The number of aromatic nitrogens is 4. The lowest BCUT2D eigenvalue weighted by Crippen LogP contribution is -2.59. The number of rotatable bonds is 7. The van der Waals surface area contributed by atoms with Crippen molar-refractivity contribution in [2.75, 3.05) is 50.0 Å². The van der Waals surface area contributed by atoms with Gasteiger partial charge in [0.2, 0.25) is 0 Å². The van der Waals surface area contributed by atoms with Crippen molar-refractivity contribution in [3.63, 3.8) is 0 Å². The number of carbonyl (C=O) groups is 1. The number of fused-ring (bicyclic) bond motifs is 2. The van der Waals surface area contributed by atoms with E-state index in [4.69, 9.17) is 10.1 Å². The van der Waals surface area contributed by atoms with E-state index in [9.17, 15) is 9.18 Å². The highest BCUT2D eigenvalue weighted by molar-refractivity contribution is 5.94. The highest BCUT2D eigenvalue weighted by Gasteiger charge is 2.43. The molecular formula is C32H36FN9O. The number of amides is 1. The first-order chi connectivity index (χ1) is 21.0. The average molecular weight is 582 g/mol. The number of benzene rings is 1. The smallest absolute Gasteiger partial charge is 0.271 e. The van der Waals surface area contributed by atoms with E-state index >= 15 is 0 Å². The second kappa shape index (κ2) is 10.3. The Hall–Kier alpha value is -4.09. The minimum atomic E-state index is -0.979. The molecule has 6 heterocycles. The van der Waals surface area contributed by atoms with Crippen molar-refractivity contribution in [3.8, 4) is 11.3 Å². The summed E-state index contributed by atoms with van der Waals surface area (Å²) in [6, 6.07) is 12.2. The molecule has 1 spiro atoms. The Bertz CT molecular complexity index is 1690. The molecule has 1 aliphatic carbocycles. The molecule has 2 atom stereocenters. The molecule has 3 aliphatic heterocycles. The highest BCUT2D eigenvalue weighted by atomic mass is 19.1. The number of hydrogen-bond acceptors (Lipinski definition) is 8. The van der Waals surface area contributed by atoms with Crippen LogP contribution in [0, 0.1) is 5.41 Å². The molecule has 0 unspecified atom stereocenters. The Morgan fingerprint density at radius 1 is 1.14 bits per heavy atom. The van der Waals surface area contributed by atoms with Gasteiger partial charge in [0.05, 0.1) is 23.6 Å². The second-order valence-electron chi connectivity index (χ2n) is 12.5. The number of carbonyl (C=O) groups excluding carboxylic acids is 1. The number of hydrogen-bond donors (Lipinski definition) is 3. The summed E-state index contributed by atoms with van der Waals surface area (Å²) in [4.78, 5) is 26.9. The van der Waals surface area contributed by atoms with E-state index in [1.54, 1.807) is 4.52 Å². The fraction of sp³-hybridized carbons (Fsp3) is 0.438. The first-order valence-electron chi connectivity index (χ1n) is 15.3. The van der Waals surface area contributed by atoms with Crippen molar-refractivity contribution >= 4 is 28.7 Å². The summed E-state index contributed by atoms with van der Waals surface area (Å²) in [6.45, 7) is 6.38. The van der Waals surface area contributed by atoms with Crippen LogP contribution >= 0.6 is 0 Å². The molecule has 43 heavy (non-hydrogen) atoms. The molecule has 2 saturated heterocycles. The third-order valence-electron chi connectivity index (χ3n) is 9.58. The molecule has 3 aromatic heterocycles. The topological polar surface area (TPSA) is 103 Å². The number of anilines is 3. The molecule has 0 bridgehead atoms. The highest BCUT2D eigenvalue weighted by Crippen LogP contribution is 2.41. The van der Waals surface area contributed by atoms with Crippen molar-refractivity contribution in [1.82, 2.24) is 35.1 Å². The maximum absolute atomic E-state index is 13.4. The Kier molecular flexibility index (Phi) is 6.34. The second-order valence-corrected chi connectivity index (χ2v) is 12.5. The summed E-state index contributed by atoms with van der Waals surface area (Å²) >= 11 is 0. The van der Waals surface area contributed by atoms with Crippen LogP contribution in [0.1, 0.15) is 40.9 Å². The summed E-state index contributed by atoms with van der Waals surface area (Å²) in [6.07, 6.45) is 6.33. The standard InChI is InChI=1S/C32H36FN9O/c1-34-26-14-29(39-42-28(16-37-30(26)42)31(43)38-25-13-23(25)33)41-12-7-22-21(3-2-4-27(22)41)24-6-5-20(15-36-24)17-40-18-32(19-40)8-10-35-11-9-32/h2-6,14-16,23,25,34-35H,7-13,17-19H2,1H3,(H,38,43)/t23-,25+/m0/s1. The average Bonchev–Trinajstić information content (AvgIpc) is 3.36. The van der Waals surface area contributed by atoms with Crippen LogP contribution in [0.2, 0.25) is 0 Å². The van der Waals surface area contributed by atoms with Gasteiger partial charge in [0.25, 0.3) is 5.91 Å². The van der Waals surface area contributed by atoms with E-state index in [2.05, 4.69) is 61.1 Å². The van der Waals surface area contributed by atoms with E-state index in [-0.39, 0.29) is 11.6 Å². The Morgan fingerprint density at radius 2 is 1.98 bits per heavy atom. The number of halogens is 1. The molecule has 1 amide bonds. The zero-order valence-corrected chi connectivity index (χ0v) is 24.3. The minimum absolute atomic E-state index is 0.286. The number of nitrogens with zero attached hydrogens (tertiary/aromatic N) is 6. The van der Waals surface area contributed by atoms with Crippen LogP contribution in [0.5, 0.6) is 0 Å². The maximum Gasteiger partial charge on any atom is 0.271 e. The third-order valence-corrected chi connectivity index (χ3v) is 9.58. The Labute approximate surface area is 249 Å². The molecule has 4 aromatic rings. The lowest BCUT2D eigenvalue weighted by Gasteiger charge is -2.52. The number of nitrogens with one attached hydrogen (secondary N) is 3. The van der Waals surface area contributed by atoms with Crippen LogP contribution in [0.3, 0.4) is 0 Å². The molecule has 3 fully saturated rings. The van der Waals surface area contributed by atoms with E-state index in [1.807, 2.05) is 19.3 Å². The zero-order chi connectivity index (χ0) is 29.1. The van der Waals surface area contributed by atoms with Crippen molar-refractivity contribution in [2.45, 2.75) is 44.4 Å². The van der Waals surface area contributed by atoms with Crippen molar-refractivity contribution in [2.24, 2.45) is 5.41 Å². The lowest BCUT2D eigenvalue weighted by atomic mass is 9.72. The molecule has 4 aliphatic rings. The van der Waals surface area contributed by atoms with Gasteiger partial charge in [-0.05, 0) is 61.0 Å². The minimum Gasteiger partial charge on any atom is -0.385 e. The Balaban J connectivity index is 1.03. The number of pyridine rings is 1. The van der Waals surface area contributed by atoms with Gasteiger partial charge >= 0.3 is 0 Å². The molecule has 222 valence electrons. The predicted octanol–water partition coefficient (Wildman–Crippen LogP) is 3.55. The van der Waals surface area contributed by atoms with Gasteiger partial charge in [-0.3, -0.25) is 14.7 Å². The number of imidazole rings is 1. The van der Waals surface area contributed by atoms with E-state index < -0.39 is 12.2 Å². The monoisotopic (exact) mass is 581 g/mol. The molecule has 3 N–H and O–H groups in total. The number of likely N-dealkylation sites (tertiary alicyclic amines) is 1. The van der Waals surface area contributed by atoms with Crippen LogP contribution < -0.4 is 20.9 Å². The summed E-state index contributed by atoms with van der Waals surface area (Å²) in [5, 5.41) is 14.3. The number of piperidine rings is 1. The normalized spacial score (nSPS) is 22.4. The molecular weight excluding hydrogens is 545 g/mol. The summed E-state index contributed by atoms with van der Waals surface area (Å²) in [5.41, 5.74) is 7.79. The maximum atomic E-state index is 13.4. The molecule has 0 radical (unpaired) electrons. The van der Waals surface area contributed by atoms with Crippen molar-refractivity contribution in [3.05, 3.63) is 65.6 Å². The Morgan fingerprint density at radius 3 is 2.72 bits per heavy atom. The van der Waals surface area contributed by atoms with E-state index in [0.717, 1.165) is 55.2 Å². The summed E-state index contributed by atoms with van der Waals surface area (Å²) in [5.74, 6) is 0.335. The van der Waals surface area contributed by atoms with Gasteiger partial charge in [0, 0.05) is 63.2 Å². The predicted molar refractivity (Wildman–Crippen MR) is 163 cm³/mol. The zero-order valence-electron chi connectivity index (χ0n) is 24.3. The summed E-state index contributed by atoms with van der Waals surface area (Å²) in [7, 11) is 1.82. The van der Waals surface area contributed by atoms with Crippen LogP contribution in [0.4, 0.5) is 21.6 Å². The van der Waals surface area contributed by atoms with Crippen molar-refractivity contribution < 1.29 is 9.18 Å². The third kappa shape index (κ3) is 4.71. The summed E-state index contributed by atoms with van der Waals surface area (Å²) < 4.78 is 15.0. The van der Waals surface area contributed by atoms with Gasteiger partial charge in [-0.15, -0.1) is 5.10 Å². The molecule has 8 rings (SSSR count). The molecule has 1 aromatic carbocycles. The molecule has 11 heteroatoms. The quantitative estimate of drug-likeness (QED) is 0.305. The van der Waals surface area contributed by atoms with Crippen LogP contribution in [-0.4, -0.2) is 82.4 Å². The van der Waals surface area contributed by atoms with Gasteiger partial charge in [-0.1, -0.05) is 18.2 Å². The molecule has 1 saturated carbocycles. The van der Waals surface area contributed by atoms with Crippen LogP contribution in [-0.2, 0) is 13.0 Å². The van der Waals surface area contributed by atoms with Gasteiger partial charge in [-0.2, -0.15) is 0 Å². The molecule has 10 nitrogen and oxygen atoms in total. The van der Waals surface area contributed by atoms with E-state index in [1.165, 1.54) is 43.3 Å².